The van der Waals surface area contributed by atoms with Gasteiger partial charge in [-0.15, -0.1) is 11.6 Å². The zero-order valence-corrected chi connectivity index (χ0v) is 14.9. The van der Waals surface area contributed by atoms with Gasteiger partial charge in [-0.2, -0.15) is 4.31 Å². The van der Waals surface area contributed by atoms with Crippen LogP contribution in [0.4, 0.5) is 0 Å². The van der Waals surface area contributed by atoms with E-state index in [0.717, 1.165) is 12.0 Å². The molecule has 0 saturated carbocycles. The second-order valence-electron chi connectivity index (χ2n) is 6.09. The van der Waals surface area contributed by atoms with Crippen LogP contribution in [0.25, 0.3) is 0 Å². The molecule has 6 heteroatoms. The van der Waals surface area contributed by atoms with Gasteiger partial charge < -0.3 is 0 Å². The molecular weight excluding hydrogens is 329 g/mol. The molecule has 1 aliphatic heterocycles. The topological polar surface area (TPSA) is 37.4 Å². The van der Waals surface area contributed by atoms with Crippen molar-refractivity contribution in [3.05, 3.63) is 28.3 Å². The van der Waals surface area contributed by atoms with Gasteiger partial charge in [0.05, 0.1) is 4.90 Å². The number of halogens is 2. The highest BCUT2D eigenvalue weighted by Crippen LogP contribution is 2.31. The third-order valence-electron chi connectivity index (χ3n) is 4.03. The van der Waals surface area contributed by atoms with Crippen LogP contribution in [0.3, 0.4) is 0 Å². The molecule has 0 amide bonds. The van der Waals surface area contributed by atoms with Gasteiger partial charge in [0.25, 0.3) is 0 Å². The monoisotopic (exact) mass is 349 g/mol. The Hall–Kier alpha value is -0.290. The lowest BCUT2D eigenvalue weighted by molar-refractivity contribution is 0.222. The maximum Gasteiger partial charge on any atom is 0.243 e. The van der Waals surface area contributed by atoms with E-state index in [4.69, 9.17) is 23.2 Å². The van der Waals surface area contributed by atoms with Gasteiger partial charge in [-0.1, -0.05) is 25.4 Å². The van der Waals surface area contributed by atoms with Gasteiger partial charge in [-0.05, 0) is 48.4 Å². The highest BCUT2D eigenvalue weighted by Gasteiger charge is 2.33. The van der Waals surface area contributed by atoms with E-state index in [1.54, 1.807) is 17.3 Å². The van der Waals surface area contributed by atoms with Crippen LogP contribution in [0.1, 0.15) is 31.4 Å². The molecule has 0 aliphatic carbocycles. The average Bonchev–Trinajstić information content (AvgIpc) is 2.39. The van der Waals surface area contributed by atoms with Crippen molar-refractivity contribution < 1.29 is 8.42 Å². The van der Waals surface area contributed by atoms with Gasteiger partial charge in [0.15, 0.2) is 0 Å². The number of hydrogen-bond donors (Lipinski definition) is 0. The van der Waals surface area contributed by atoms with Crippen molar-refractivity contribution in [1.29, 1.82) is 0 Å². The van der Waals surface area contributed by atoms with Crippen molar-refractivity contribution >= 4 is 33.2 Å². The largest absolute Gasteiger partial charge is 0.243 e. The Morgan fingerprint density at radius 2 is 1.81 bits per heavy atom. The fraction of sp³-hybridized carbons (Fsp3) is 0.600. The molecule has 118 valence electrons. The van der Waals surface area contributed by atoms with Crippen LogP contribution in [0.5, 0.6) is 0 Å². The third-order valence-corrected chi connectivity index (χ3v) is 6.49. The molecule has 1 aliphatic rings. The van der Waals surface area contributed by atoms with E-state index in [-0.39, 0.29) is 10.8 Å². The van der Waals surface area contributed by atoms with Crippen LogP contribution in [0, 0.1) is 18.8 Å². The van der Waals surface area contributed by atoms with E-state index < -0.39 is 10.0 Å². The standard InChI is InChI=1S/C15H21Cl2NO2S/c1-10-4-11(2)9-18(8-10)21(19,20)15-6-14(17)5-13(7-16)12(15)3/h5-6,10-11H,4,7-9H2,1-3H3. The number of benzene rings is 1. The summed E-state index contributed by atoms with van der Waals surface area (Å²) in [5, 5.41) is 0.410. The predicted molar refractivity (Wildman–Crippen MR) is 87.4 cm³/mol. The summed E-state index contributed by atoms with van der Waals surface area (Å²) in [4.78, 5) is 0.284. The van der Waals surface area contributed by atoms with Crippen molar-refractivity contribution in [3.63, 3.8) is 0 Å². The van der Waals surface area contributed by atoms with Crippen LogP contribution < -0.4 is 0 Å². The predicted octanol–water partition coefficient (Wildman–Crippen LogP) is 4.05. The molecule has 0 aromatic heterocycles. The molecule has 1 aromatic rings. The molecule has 1 aromatic carbocycles. The van der Waals surface area contributed by atoms with Crippen LogP contribution in [0.15, 0.2) is 17.0 Å². The van der Waals surface area contributed by atoms with Gasteiger partial charge in [0.1, 0.15) is 0 Å². The molecule has 0 spiro atoms. The van der Waals surface area contributed by atoms with Crippen LogP contribution in [-0.4, -0.2) is 25.8 Å². The normalized spacial score (nSPS) is 24.2. The number of nitrogens with zero attached hydrogens (tertiary/aromatic N) is 1. The lowest BCUT2D eigenvalue weighted by Crippen LogP contribution is -2.42. The van der Waals surface area contributed by atoms with Gasteiger partial charge in [-0.25, -0.2) is 8.42 Å². The van der Waals surface area contributed by atoms with Crippen LogP contribution in [-0.2, 0) is 15.9 Å². The maximum atomic E-state index is 12.9. The van der Waals surface area contributed by atoms with Gasteiger partial charge >= 0.3 is 0 Å². The van der Waals surface area contributed by atoms with E-state index >= 15 is 0 Å². The molecule has 2 atom stereocenters. The molecule has 0 bridgehead atoms. The number of piperidine rings is 1. The van der Waals surface area contributed by atoms with E-state index in [0.29, 0.717) is 35.5 Å². The molecule has 0 N–H and O–H groups in total. The zero-order chi connectivity index (χ0) is 15.8. The third kappa shape index (κ3) is 3.55. The second kappa shape index (κ2) is 6.45. The summed E-state index contributed by atoms with van der Waals surface area (Å²) >= 11 is 12.0. The lowest BCUT2D eigenvalue weighted by Gasteiger charge is -2.34. The van der Waals surface area contributed by atoms with E-state index in [1.165, 1.54) is 6.07 Å². The second-order valence-corrected chi connectivity index (χ2v) is 8.70. The minimum absolute atomic E-state index is 0.252. The summed E-state index contributed by atoms with van der Waals surface area (Å²) in [6.45, 7) is 7.10. The van der Waals surface area contributed by atoms with Crippen molar-refractivity contribution in [2.75, 3.05) is 13.1 Å². The Kier molecular flexibility index (Phi) is 5.24. The zero-order valence-electron chi connectivity index (χ0n) is 12.6. The van der Waals surface area contributed by atoms with E-state index in [9.17, 15) is 8.42 Å². The Morgan fingerprint density at radius 3 is 2.33 bits per heavy atom. The van der Waals surface area contributed by atoms with Crippen molar-refractivity contribution in [2.45, 2.75) is 38.0 Å². The van der Waals surface area contributed by atoms with Crippen molar-refractivity contribution in [1.82, 2.24) is 4.31 Å². The Bertz CT molecular complexity index is 621. The molecule has 1 saturated heterocycles. The fourth-order valence-electron chi connectivity index (χ4n) is 3.06. The average molecular weight is 350 g/mol. The first-order chi connectivity index (χ1) is 9.75. The summed E-state index contributed by atoms with van der Waals surface area (Å²) in [5.41, 5.74) is 1.46. The highest BCUT2D eigenvalue weighted by molar-refractivity contribution is 7.89. The van der Waals surface area contributed by atoms with E-state index in [2.05, 4.69) is 13.8 Å². The highest BCUT2D eigenvalue weighted by atomic mass is 35.5. The Balaban J connectivity index is 2.47. The fourth-order valence-corrected chi connectivity index (χ4v) is 5.61. The summed E-state index contributed by atoms with van der Waals surface area (Å²) < 4.78 is 27.5. The SMILES string of the molecule is Cc1c(CCl)cc(Cl)cc1S(=O)(=O)N1CC(C)CC(C)C1. The first-order valence-corrected chi connectivity index (χ1v) is 9.46. The van der Waals surface area contributed by atoms with Crippen molar-refractivity contribution in [3.8, 4) is 0 Å². The minimum atomic E-state index is -3.52. The quantitative estimate of drug-likeness (QED) is 0.771. The van der Waals surface area contributed by atoms with Gasteiger partial charge in [0, 0.05) is 24.0 Å². The molecule has 21 heavy (non-hydrogen) atoms. The first-order valence-electron chi connectivity index (χ1n) is 7.10. The van der Waals surface area contributed by atoms with E-state index in [1.807, 2.05) is 0 Å². The Morgan fingerprint density at radius 1 is 1.24 bits per heavy atom. The molecule has 3 nitrogen and oxygen atoms in total. The van der Waals surface area contributed by atoms with Crippen LogP contribution in [0.2, 0.25) is 5.02 Å². The summed E-state index contributed by atoms with van der Waals surface area (Å²) in [6.07, 6.45) is 1.06. The lowest BCUT2D eigenvalue weighted by atomic mass is 9.94. The van der Waals surface area contributed by atoms with Crippen LogP contribution >= 0.6 is 23.2 Å². The number of alkyl halides is 1. The molecular formula is C15H21Cl2NO2S. The maximum absolute atomic E-state index is 12.9. The van der Waals surface area contributed by atoms with Gasteiger partial charge in [-0.3, -0.25) is 0 Å². The number of sulfonamides is 1. The number of rotatable bonds is 3. The Labute approximate surface area is 137 Å². The van der Waals surface area contributed by atoms with Gasteiger partial charge in [0.2, 0.25) is 10.0 Å². The summed E-state index contributed by atoms with van der Waals surface area (Å²) in [7, 11) is -3.52. The molecule has 1 fully saturated rings. The molecule has 2 rings (SSSR count). The molecule has 1 heterocycles. The van der Waals surface area contributed by atoms with Crippen molar-refractivity contribution in [2.24, 2.45) is 11.8 Å². The summed E-state index contributed by atoms with van der Waals surface area (Å²) in [5.74, 6) is 0.993. The molecule has 0 radical (unpaired) electrons. The summed E-state index contributed by atoms with van der Waals surface area (Å²) in [6, 6.07) is 3.26. The minimum Gasteiger partial charge on any atom is -0.207 e. The number of hydrogen-bond acceptors (Lipinski definition) is 2. The smallest absolute Gasteiger partial charge is 0.207 e. The molecule has 2 unspecified atom stereocenters. The first kappa shape index (κ1) is 17.1.